The molecule has 0 unspecified atom stereocenters. The Hall–Kier alpha value is -3.77. The summed E-state index contributed by atoms with van der Waals surface area (Å²) in [5.74, 6) is 0.446. The van der Waals surface area contributed by atoms with Crippen molar-refractivity contribution < 1.29 is 14.3 Å². The quantitative estimate of drug-likeness (QED) is 0.307. The molecule has 1 aliphatic rings. The molecule has 5 nitrogen and oxygen atoms in total. The largest absolute Gasteiger partial charge is 0.492 e. The molecule has 1 aliphatic heterocycles. The molecule has 3 aromatic carbocycles. The Morgan fingerprint density at radius 2 is 1.65 bits per heavy atom. The van der Waals surface area contributed by atoms with Gasteiger partial charge in [-0.25, -0.2) is 0 Å². The first-order valence-corrected chi connectivity index (χ1v) is 12.0. The minimum absolute atomic E-state index is 0.214. The van der Waals surface area contributed by atoms with Crippen LogP contribution in [0.5, 0.6) is 5.75 Å². The number of fused-ring (bicyclic) bond motifs is 1. The van der Waals surface area contributed by atoms with Crippen molar-refractivity contribution in [2.75, 3.05) is 13.2 Å². The maximum Gasteiger partial charge on any atom is 0.293 e. The van der Waals surface area contributed by atoms with E-state index in [1.165, 1.54) is 10.5 Å². The number of rotatable bonds is 7. The van der Waals surface area contributed by atoms with Crippen LogP contribution >= 0.6 is 11.8 Å². The smallest absolute Gasteiger partial charge is 0.293 e. The van der Waals surface area contributed by atoms with Crippen molar-refractivity contribution in [3.05, 3.63) is 107 Å². The fraction of sp³-hybridized carbons (Fsp3) is 0.143. The lowest BCUT2D eigenvalue weighted by molar-refractivity contribution is -0.123. The van der Waals surface area contributed by atoms with Crippen molar-refractivity contribution in [2.45, 2.75) is 13.5 Å². The highest BCUT2D eigenvalue weighted by Gasteiger charge is 2.35. The van der Waals surface area contributed by atoms with Gasteiger partial charge in [0.1, 0.15) is 12.4 Å². The number of para-hydroxylation sites is 1. The Labute approximate surface area is 202 Å². The predicted octanol–water partition coefficient (Wildman–Crippen LogP) is 6.11. The van der Waals surface area contributed by atoms with Gasteiger partial charge in [-0.05, 0) is 48.5 Å². The molecular weight excluding hydrogens is 444 g/mol. The number of aromatic nitrogens is 1. The molecule has 2 amide bonds. The van der Waals surface area contributed by atoms with Gasteiger partial charge in [0, 0.05) is 29.2 Å². The minimum atomic E-state index is -0.276. The maximum atomic E-state index is 13.0. The van der Waals surface area contributed by atoms with E-state index < -0.39 is 0 Å². The highest BCUT2D eigenvalue weighted by molar-refractivity contribution is 8.18. The SMILES string of the molecule is Cc1ccc(OCCN2C(=O)S/C(=C\c3cn(Cc4ccccc4)c4ccccc34)C2=O)cc1. The van der Waals surface area contributed by atoms with Gasteiger partial charge >= 0.3 is 0 Å². The highest BCUT2D eigenvalue weighted by atomic mass is 32.2. The van der Waals surface area contributed by atoms with Gasteiger partial charge in [0.2, 0.25) is 0 Å². The van der Waals surface area contributed by atoms with Crippen LogP contribution < -0.4 is 4.74 Å². The molecule has 0 radical (unpaired) electrons. The number of carbonyl (C=O) groups is 2. The molecule has 0 saturated carbocycles. The second-order valence-corrected chi connectivity index (χ2v) is 9.20. The third-order valence-electron chi connectivity index (χ3n) is 5.78. The molecule has 4 aromatic rings. The van der Waals surface area contributed by atoms with E-state index in [2.05, 4.69) is 22.8 Å². The normalized spacial score (nSPS) is 15.0. The number of thioether (sulfide) groups is 1. The van der Waals surface area contributed by atoms with Gasteiger partial charge in [-0.3, -0.25) is 14.5 Å². The van der Waals surface area contributed by atoms with Crippen LogP contribution in [0, 0.1) is 6.92 Å². The second kappa shape index (κ2) is 9.61. The number of carbonyl (C=O) groups excluding carboxylic acids is 2. The summed E-state index contributed by atoms with van der Waals surface area (Å²) in [4.78, 5) is 27.2. The van der Waals surface area contributed by atoms with Gasteiger partial charge in [-0.15, -0.1) is 0 Å². The van der Waals surface area contributed by atoms with E-state index in [9.17, 15) is 9.59 Å². The van der Waals surface area contributed by atoms with E-state index in [1.54, 1.807) is 0 Å². The van der Waals surface area contributed by atoms with Gasteiger partial charge in [-0.2, -0.15) is 0 Å². The van der Waals surface area contributed by atoms with E-state index in [-0.39, 0.29) is 24.3 Å². The first-order chi connectivity index (χ1) is 16.6. The lowest BCUT2D eigenvalue weighted by Crippen LogP contribution is -2.32. The van der Waals surface area contributed by atoms with Gasteiger partial charge in [0.15, 0.2) is 0 Å². The summed E-state index contributed by atoms with van der Waals surface area (Å²) in [6, 6.07) is 26.1. The number of ether oxygens (including phenoxy) is 1. The van der Waals surface area contributed by atoms with Crippen LogP contribution in [-0.2, 0) is 11.3 Å². The molecule has 1 fully saturated rings. The summed E-state index contributed by atoms with van der Waals surface area (Å²) in [6.07, 6.45) is 3.88. The summed E-state index contributed by atoms with van der Waals surface area (Å²) >= 11 is 0.980. The van der Waals surface area contributed by atoms with Crippen LogP contribution in [0.2, 0.25) is 0 Å². The molecule has 0 N–H and O–H groups in total. The molecule has 0 spiro atoms. The van der Waals surface area contributed by atoms with Gasteiger partial charge < -0.3 is 9.30 Å². The number of aryl methyl sites for hydroxylation is 1. The van der Waals surface area contributed by atoms with Crippen molar-refractivity contribution in [3.63, 3.8) is 0 Å². The molecule has 1 saturated heterocycles. The third kappa shape index (κ3) is 4.63. The number of amides is 2. The summed E-state index contributed by atoms with van der Waals surface area (Å²) in [7, 11) is 0. The average Bonchev–Trinajstić information content (AvgIpc) is 3.33. The predicted molar refractivity (Wildman–Crippen MR) is 137 cm³/mol. The first-order valence-electron chi connectivity index (χ1n) is 11.1. The standard InChI is InChI=1S/C28H24N2O3S/c1-20-11-13-23(14-12-20)33-16-15-30-27(31)26(34-28(30)32)17-22-19-29(18-21-7-3-2-4-8-21)25-10-6-5-9-24(22)25/h2-14,17,19H,15-16,18H2,1H3/b26-17-. The zero-order chi connectivity index (χ0) is 23.5. The van der Waals surface area contributed by atoms with Crippen LogP contribution in [0.4, 0.5) is 4.79 Å². The van der Waals surface area contributed by atoms with Gasteiger partial charge in [0.05, 0.1) is 11.4 Å². The number of hydrogen-bond donors (Lipinski definition) is 0. The molecule has 5 rings (SSSR count). The number of hydrogen-bond acceptors (Lipinski definition) is 4. The topological polar surface area (TPSA) is 51.5 Å². The van der Waals surface area contributed by atoms with Crippen LogP contribution in [-0.4, -0.2) is 33.8 Å². The third-order valence-corrected chi connectivity index (χ3v) is 6.69. The van der Waals surface area contributed by atoms with E-state index >= 15 is 0 Å². The molecule has 1 aromatic heterocycles. The second-order valence-electron chi connectivity index (χ2n) is 8.21. The summed E-state index contributed by atoms with van der Waals surface area (Å²) in [5.41, 5.74) is 4.36. The molecule has 0 aliphatic carbocycles. The average molecular weight is 469 g/mol. The van der Waals surface area contributed by atoms with Crippen molar-refractivity contribution in [1.29, 1.82) is 0 Å². The van der Waals surface area contributed by atoms with E-state index in [0.717, 1.165) is 46.1 Å². The number of benzene rings is 3. The number of nitrogens with zero attached hydrogens (tertiary/aromatic N) is 2. The van der Waals surface area contributed by atoms with E-state index in [0.29, 0.717) is 4.91 Å². The zero-order valence-corrected chi connectivity index (χ0v) is 19.6. The molecule has 0 bridgehead atoms. The summed E-state index contributed by atoms with van der Waals surface area (Å²) < 4.78 is 7.89. The van der Waals surface area contributed by atoms with Crippen molar-refractivity contribution in [2.24, 2.45) is 0 Å². The molecule has 2 heterocycles. The first kappa shape index (κ1) is 22.0. The van der Waals surface area contributed by atoms with Gasteiger partial charge in [-0.1, -0.05) is 66.2 Å². The Balaban J connectivity index is 1.34. The molecule has 0 atom stereocenters. The fourth-order valence-electron chi connectivity index (χ4n) is 4.02. The van der Waals surface area contributed by atoms with Crippen LogP contribution in [0.25, 0.3) is 17.0 Å². The minimum Gasteiger partial charge on any atom is -0.492 e. The molecule has 34 heavy (non-hydrogen) atoms. The lowest BCUT2D eigenvalue weighted by Gasteiger charge is -2.13. The maximum absolute atomic E-state index is 13.0. The zero-order valence-electron chi connectivity index (χ0n) is 18.8. The van der Waals surface area contributed by atoms with Crippen LogP contribution in [0.1, 0.15) is 16.7 Å². The Kier molecular flexibility index (Phi) is 6.23. The monoisotopic (exact) mass is 468 g/mol. The molecule has 6 heteroatoms. The van der Waals surface area contributed by atoms with Crippen molar-refractivity contribution >= 4 is 39.9 Å². The van der Waals surface area contributed by atoms with E-state index in [1.807, 2.05) is 79.9 Å². The number of imide groups is 1. The molecular formula is C28H24N2O3S. The molecule has 170 valence electrons. The van der Waals surface area contributed by atoms with Crippen LogP contribution in [0.15, 0.2) is 90.0 Å². The summed E-state index contributed by atoms with van der Waals surface area (Å²) in [6.45, 7) is 3.21. The van der Waals surface area contributed by atoms with Crippen LogP contribution in [0.3, 0.4) is 0 Å². The lowest BCUT2D eigenvalue weighted by atomic mass is 10.1. The Morgan fingerprint density at radius 3 is 2.44 bits per heavy atom. The fourth-order valence-corrected chi connectivity index (χ4v) is 4.88. The Bertz CT molecular complexity index is 1370. The Morgan fingerprint density at radius 1 is 0.912 bits per heavy atom. The highest BCUT2D eigenvalue weighted by Crippen LogP contribution is 2.34. The summed E-state index contributed by atoms with van der Waals surface area (Å²) in [5, 5.41) is 0.782. The van der Waals surface area contributed by atoms with E-state index in [4.69, 9.17) is 4.74 Å². The van der Waals surface area contributed by atoms with Crippen molar-refractivity contribution in [1.82, 2.24) is 9.47 Å². The van der Waals surface area contributed by atoms with Crippen molar-refractivity contribution in [3.8, 4) is 5.75 Å². The van der Waals surface area contributed by atoms with Gasteiger partial charge in [0.25, 0.3) is 11.1 Å².